The first-order valence-corrected chi connectivity index (χ1v) is 4.40. The van der Waals surface area contributed by atoms with E-state index in [2.05, 4.69) is 6.26 Å². The smallest absolute Gasteiger partial charge is 0.00595 e. The van der Waals surface area contributed by atoms with E-state index < -0.39 is 0 Å². The van der Waals surface area contributed by atoms with Crippen molar-refractivity contribution >= 4 is 11.8 Å². The zero-order chi connectivity index (χ0) is 5.98. The fourth-order valence-electron chi connectivity index (χ4n) is 1.19. The van der Waals surface area contributed by atoms with E-state index in [0.717, 1.165) is 5.25 Å². The van der Waals surface area contributed by atoms with Gasteiger partial charge in [-0.05, 0) is 25.5 Å². The molecule has 0 saturated heterocycles. The van der Waals surface area contributed by atoms with Gasteiger partial charge in [0.25, 0.3) is 0 Å². The Kier molecular flexibility index (Phi) is 2.20. The average molecular weight is 131 g/mol. The van der Waals surface area contributed by atoms with Gasteiger partial charge in [-0.1, -0.05) is 0 Å². The highest BCUT2D eigenvalue weighted by Crippen LogP contribution is 2.26. The molecule has 0 radical (unpaired) electrons. The maximum Gasteiger partial charge on any atom is 0.00595 e. The molecule has 0 aromatic carbocycles. The second-order valence-corrected chi connectivity index (χ2v) is 3.57. The Labute approximate surface area is 55.0 Å². The van der Waals surface area contributed by atoms with Crippen LogP contribution < -0.4 is 5.73 Å². The predicted octanol–water partition coefficient (Wildman–Crippen LogP) is 1.23. The van der Waals surface area contributed by atoms with Gasteiger partial charge in [-0.3, -0.25) is 0 Å². The van der Waals surface area contributed by atoms with Crippen molar-refractivity contribution in [1.82, 2.24) is 0 Å². The molecule has 2 atom stereocenters. The van der Waals surface area contributed by atoms with Crippen molar-refractivity contribution in [3.8, 4) is 0 Å². The lowest BCUT2D eigenvalue weighted by atomic mass is 10.3. The minimum atomic E-state index is 0.507. The zero-order valence-electron chi connectivity index (χ0n) is 5.26. The van der Waals surface area contributed by atoms with Gasteiger partial charge in [0.05, 0.1) is 0 Å². The third-order valence-corrected chi connectivity index (χ3v) is 2.85. The molecule has 1 aliphatic carbocycles. The minimum Gasteiger partial charge on any atom is -0.328 e. The van der Waals surface area contributed by atoms with E-state index in [1.54, 1.807) is 0 Å². The van der Waals surface area contributed by atoms with Gasteiger partial charge in [-0.15, -0.1) is 0 Å². The van der Waals surface area contributed by atoms with E-state index in [9.17, 15) is 0 Å². The summed E-state index contributed by atoms with van der Waals surface area (Å²) in [4.78, 5) is 0. The molecule has 2 unspecified atom stereocenters. The molecule has 2 N–H and O–H groups in total. The molecule has 0 aromatic heterocycles. The maximum absolute atomic E-state index is 5.69. The Morgan fingerprint density at radius 2 is 2.25 bits per heavy atom. The van der Waals surface area contributed by atoms with E-state index >= 15 is 0 Å². The highest BCUT2D eigenvalue weighted by atomic mass is 32.2. The van der Waals surface area contributed by atoms with Gasteiger partial charge >= 0.3 is 0 Å². The first kappa shape index (κ1) is 6.43. The van der Waals surface area contributed by atoms with Crippen LogP contribution in [0.25, 0.3) is 0 Å². The van der Waals surface area contributed by atoms with Crippen molar-refractivity contribution in [2.75, 3.05) is 6.26 Å². The molecular weight excluding hydrogens is 118 g/mol. The quantitative estimate of drug-likeness (QED) is 0.579. The largest absolute Gasteiger partial charge is 0.328 e. The molecule has 0 heterocycles. The van der Waals surface area contributed by atoms with Crippen LogP contribution in [0.15, 0.2) is 0 Å². The van der Waals surface area contributed by atoms with Crippen molar-refractivity contribution in [2.45, 2.75) is 30.6 Å². The summed E-state index contributed by atoms with van der Waals surface area (Å²) in [5, 5.41) is 0.866. The Morgan fingerprint density at radius 3 is 2.50 bits per heavy atom. The molecule has 0 amide bonds. The molecule has 1 nitrogen and oxygen atoms in total. The van der Waals surface area contributed by atoms with E-state index in [4.69, 9.17) is 5.73 Å². The minimum absolute atomic E-state index is 0.507. The maximum atomic E-state index is 5.69. The molecule has 2 heteroatoms. The summed E-state index contributed by atoms with van der Waals surface area (Å²) < 4.78 is 0. The second-order valence-electron chi connectivity index (χ2n) is 2.43. The van der Waals surface area contributed by atoms with E-state index in [1.165, 1.54) is 19.3 Å². The molecule has 1 saturated carbocycles. The van der Waals surface area contributed by atoms with Crippen molar-refractivity contribution in [3.63, 3.8) is 0 Å². The monoisotopic (exact) mass is 131 g/mol. The number of thioether (sulfide) groups is 1. The van der Waals surface area contributed by atoms with Gasteiger partial charge in [0.2, 0.25) is 0 Å². The number of nitrogens with two attached hydrogens (primary N) is 1. The topological polar surface area (TPSA) is 26.0 Å². The lowest BCUT2D eigenvalue weighted by Gasteiger charge is -2.02. The number of rotatable bonds is 1. The molecule has 1 rings (SSSR count). The van der Waals surface area contributed by atoms with E-state index in [-0.39, 0.29) is 0 Å². The second kappa shape index (κ2) is 2.74. The van der Waals surface area contributed by atoms with E-state index in [0.29, 0.717) is 6.04 Å². The van der Waals surface area contributed by atoms with Crippen molar-refractivity contribution in [3.05, 3.63) is 0 Å². The van der Waals surface area contributed by atoms with Gasteiger partial charge < -0.3 is 5.73 Å². The third-order valence-electron chi connectivity index (χ3n) is 1.76. The molecule has 0 bridgehead atoms. The molecule has 8 heavy (non-hydrogen) atoms. The van der Waals surface area contributed by atoms with Crippen LogP contribution in [0.1, 0.15) is 19.3 Å². The summed E-state index contributed by atoms with van der Waals surface area (Å²) in [6, 6.07) is 0.507. The summed E-state index contributed by atoms with van der Waals surface area (Å²) in [5.41, 5.74) is 5.69. The summed E-state index contributed by atoms with van der Waals surface area (Å²) in [7, 11) is 0. The van der Waals surface area contributed by atoms with Crippen LogP contribution in [0.5, 0.6) is 0 Å². The zero-order valence-corrected chi connectivity index (χ0v) is 6.08. The van der Waals surface area contributed by atoms with Crippen molar-refractivity contribution < 1.29 is 0 Å². The molecular formula is C6H13NS. The van der Waals surface area contributed by atoms with E-state index in [1.807, 2.05) is 11.8 Å². The van der Waals surface area contributed by atoms with Crippen LogP contribution in [-0.2, 0) is 0 Å². The summed E-state index contributed by atoms with van der Waals surface area (Å²) in [6.45, 7) is 0. The molecule has 1 aliphatic rings. The Bertz CT molecular complexity index is 74.9. The van der Waals surface area contributed by atoms with Crippen LogP contribution in [0, 0.1) is 0 Å². The van der Waals surface area contributed by atoms with Crippen LogP contribution in [0.3, 0.4) is 0 Å². The molecule has 0 spiro atoms. The SMILES string of the molecule is CSC1CCC(N)C1. The van der Waals surface area contributed by atoms with Gasteiger partial charge in [-0.25, -0.2) is 0 Å². The lowest BCUT2D eigenvalue weighted by Crippen LogP contribution is -2.14. The van der Waals surface area contributed by atoms with Crippen molar-refractivity contribution in [1.29, 1.82) is 0 Å². The average Bonchev–Trinajstić information content (AvgIpc) is 2.14. The van der Waals surface area contributed by atoms with Gasteiger partial charge in [-0.2, -0.15) is 11.8 Å². The summed E-state index contributed by atoms with van der Waals surface area (Å²) in [6.07, 6.45) is 5.98. The molecule has 0 aromatic rings. The highest BCUT2D eigenvalue weighted by Gasteiger charge is 2.19. The normalized spacial score (nSPS) is 38.2. The van der Waals surface area contributed by atoms with Crippen LogP contribution in [-0.4, -0.2) is 17.5 Å². The van der Waals surface area contributed by atoms with Crippen LogP contribution in [0.4, 0.5) is 0 Å². The predicted molar refractivity (Wildman–Crippen MR) is 39.1 cm³/mol. The Morgan fingerprint density at radius 1 is 1.50 bits per heavy atom. The molecule has 0 aliphatic heterocycles. The summed E-state index contributed by atoms with van der Waals surface area (Å²) in [5.74, 6) is 0. The molecule has 48 valence electrons. The van der Waals surface area contributed by atoms with Crippen LogP contribution >= 0.6 is 11.8 Å². The molecule has 1 fully saturated rings. The fourth-order valence-corrected chi connectivity index (χ4v) is 2.00. The highest BCUT2D eigenvalue weighted by molar-refractivity contribution is 7.99. The fraction of sp³-hybridized carbons (Fsp3) is 1.00. The lowest BCUT2D eigenvalue weighted by molar-refractivity contribution is 0.706. The van der Waals surface area contributed by atoms with Crippen LogP contribution in [0.2, 0.25) is 0 Å². The van der Waals surface area contributed by atoms with Gasteiger partial charge in [0.15, 0.2) is 0 Å². The van der Waals surface area contributed by atoms with Gasteiger partial charge in [0, 0.05) is 11.3 Å². The first-order chi connectivity index (χ1) is 3.83. The van der Waals surface area contributed by atoms with Gasteiger partial charge in [0.1, 0.15) is 0 Å². The summed E-state index contributed by atoms with van der Waals surface area (Å²) >= 11 is 1.96. The first-order valence-electron chi connectivity index (χ1n) is 3.11. The number of hydrogen-bond acceptors (Lipinski definition) is 2. The Balaban J connectivity index is 2.22. The number of hydrogen-bond donors (Lipinski definition) is 1. The third kappa shape index (κ3) is 1.39. The Hall–Kier alpha value is 0.310. The standard InChI is InChI=1S/C6H13NS/c1-8-6-3-2-5(7)4-6/h5-6H,2-4,7H2,1H3. The van der Waals surface area contributed by atoms with Crippen molar-refractivity contribution in [2.24, 2.45) is 5.73 Å².